The van der Waals surface area contributed by atoms with Gasteiger partial charge in [-0.15, -0.1) is 0 Å². The molecule has 0 heterocycles. The van der Waals surface area contributed by atoms with Crippen molar-refractivity contribution in [3.63, 3.8) is 0 Å². The second-order valence-electron chi connectivity index (χ2n) is 15.7. The molecule has 1 aliphatic rings. The highest BCUT2D eigenvalue weighted by Gasteiger charge is 2.63. The van der Waals surface area contributed by atoms with Gasteiger partial charge in [-0.1, -0.05) is 175 Å². The third-order valence-electron chi connectivity index (χ3n) is 12.4. The zero-order valence-corrected chi connectivity index (χ0v) is 30.5. The molecule has 250 valence electrons. The first-order valence-corrected chi connectivity index (χ1v) is 18.8. The van der Waals surface area contributed by atoms with Crippen molar-refractivity contribution in [1.82, 2.24) is 0 Å². The molecule has 8 aromatic carbocycles. The summed E-state index contributed by atoms with van der Waals surface area (Å²) in [6.07, 6.45) is 2.09. The van der Waals surface area contributed by atoms with Gasteiger partial charge in [-0.25, -0.2) is 0 Å². The molecule has 0 heteroatoms. The third-order valence-corrected chi connectivity index (χ3v) is 12.4. The average Bonchev–Trinajstić information content (AvgIpc) is 3.78. The van der Waals surface area contributed by atoms with Gasteiger partial charge in [0.2, 0.25) is 0 Å². The van der Waals surface area contributed by atoms with Crippen molar-refractivity contribution in [2.24, 2.45) is 0 Å². The highest BCUT2D eigenvalue weighted by atomic mass is 14.6. The molecule has 51 heavy (non-hydrogen) atoms. The van der Waals surface area contributed by atoms with Crippen LogP contribution in [0.3, 0.4) is 0 Å². The molecule has 0 amide bonds. The van der Waals surface area contributed by atoms with E-state index >= 15 is 0 Å². The average molecular weight is 659 g/mol. The van der Waals surface area contributed by atoms with Crippen LogP contribution in [0.25, 0.3) is 32.3 Å². The second kappa shape index (κ2) is 12.2. The summed E-state index contributed by atoms with van der Waals surface area (Å²) >= 11 is 0. The maximum Gasteiger partial charge on any atom is 0.00925 e. The van der Waals surface area contributed by atoms with E-state index in [1.165, 1.54) is 88.0 Å². The van der Waals surface area contributed by atoms with E-state index in [9.17, 15) is 0 Å². The van der Waals surface area contributed by atoms with Crippen LogP contribution in [-0.4, -0.2) is 0 Å². The van der Waals surface area contributed by atoms with Gasteiger partial charge < -0.3 is 0 Å². The van der Waals surface area contributed by atoms with Gasteiger partial charge in [-0.05, 0) is 106 Å². The molecule has 8 aromatic rings. The number of hydrogen-bond donors (Lipinski definition) is 0. The molecule has 0 saturated heterocycles. The number of hydrogen-bond acceptors (Lipinski definition) is 0. The quantitative estimate of drug-likeness (QED) is 0.143. The van der Waals surface area contributed by atoms with Gasteiger partial charge in [0.25, 0.3) is 0 Å². The zero-order chi connectivity index (χ0) is 34.9. The van der Waals surface area contributed by atoms with E-state index < -0.39 is 0 Å². The van der Waals surface area contributed by atoms with Gasteiger partial charge in [0, 0.05) is 23.2 Å². The minimum Gasteiger partial charge on any atom is -0.0590 e. The Kier molecular flexibility index (Phi) is 7.62. The largest absolute Gasteiger partial charge is 0.0590 e. The Balaban J connectivity index is 1.15. The fourth-order valence-corrected chi connectivity index (χ4v) is 9.45. The van der Waals surface area contributed by atoms with Crippen LogP contribution in [0.4, 0.5) is 0 Å². The molecular formula is C51H46. The molecule has 0 nitrogen and oxygen atoms in total. The van der Waals surface area contributed by atoms with Crippen molar-refractivity contribution < 1.29 is 0 Å². The number of benzene rings is 8. The lowest BCUT2D eigenvalue weighted by molar-refractivity contribution is 0.717. The standard InChI is InChI=1S/C51H46/c1-32-6-14-36(15-7-32)43(37-16-8-33(2)9-17-37)28-24-38-22-23-39-26-30-45-46(31-27-40-25-29-44(38)47(39)48(40)45)51(5)49(41-18-10-34(3)11-19-41)50(51)42-20-12-35(4)13-21-42/h6-23,25-27,29-31,43,49-50H,24,28H2,1-5H3/t49-,50?,51?/m1/s1. The van der Waals surface area contributed by atoms with E-state index in [1.54, 1.807) is 0 Å². The molecule has 0 spiro atoms. The summed E-state index contributed by atoms with van der Waals surface area (Å²) in [7, 11) is 0. The van der Waals surface area contributed by atoms with E-state index in [2.05, 4.69) is 180 Å². The van der Waals surface area contributed by atoms with Crippen LogP contribution in [0.2, 0.25) is 0 Å². The lowest BCUT2D eigenvalue weighted by atomic mass is 9.82. The summed E-state index contributed by atoms with van der Waals surface area (Å²) in [6.45, 7) is 11.3. The van der Waals surface area contributed by atoms with E-state index in [1.807, 2.05) is 0 Å². The Morgan fingerprint density at radius 3 is 1.37 bits per heavy atom. The van der Waals surface area contributed by atoms with E-state index in [4.69, 9.17) is 0 Å². The normalized spacial score (nSPS) is 18.7. The monoisotopic (exact) mass is 658 g/mol. The molecule has 9 rings (SSSR count). The second-order valence-corrected chi connectivity index (χ2v) is 15.7. The van der Waals surface area contributed by atoms with Crippen LogP contribution in [0, 0.1) is 27.7 Å². The summed E-state index contributed by atoms with van der Waals surface area (Å²) in [5.74, 6) is 1.20. The van der Waals surface area contributed by atoms with E-state index in [0.717, 1.165) is 12.8 Å². The third kappa shape index (κ3) is 5.35. The first-order valence-electron chi connectivity index (χ1n) is 18.8. The smallest absolute Gasteiger partial charge is 0.00925 e. The highest BCUT2D eigenvalue weighted by molar-refractivity contribution is 6.24. The Labute approximate surface area is 303 Å². The molecule has 0 radical (unpaired) electrons. The van der Waals surface area contributed by atoms with Crippen molar-refractivity contribution in [2.45, 2.75) is 70.6 Å². The van der Waals surface area contributed by atoms with Crippen molar-refractivity contribution in [3.8, 4) is 0 Å². The molecule has 1 saturated carbocycles. The van der Waals surface area contributed by atoms with Crippen LogP contribution in [0.5, 0.6) is 0 Å². The predicted octanol–water partition coefficient (Wildman–Crippen LogP) is 13.4. The van der Waals surface area contributed by atoms with Gasteiger partial charge in [0.05, 0.1) is 0 Å². The Bertz CT molecular complexity index is 2400. The molecular weight excluding hydrogens is 613 g/mol. The fourth-order valence-electron chi connectivity index (χ4n) is 9.45. The molecule has 0 aliphatic heterocycles. The zero-order valence-electron chi connectivity index (χ0n) is 30.5. The Morgan fingerprint density at radius 2 is 0.863 bits per heavy atom. The van der Waals surface area contributed by atoms with Gasteiger partial charge in [0.1, 0.15) is 0 Å². The van der Waals surface area contributed by atoms with Crippen LogP contribution in [0.15, 0.2) is 146 Å². The maximum absolute atomic E-state index is 2.52. The van der Waals surface area contributed by atoms with Crippen LogP contribution in [0.1, 0.15) is 86.7 Å². The summed E-state index contributed by atoms with van der Waals surface area (Å²) in [5.41, 5.74) is 13.8. The van der Waals surface area contributed by atoms with Crippen LogP contribution >= 0.6 is 0 Å². The van der Waals surface area contributed by atoms with Gasteiger partial charge in [0.15, 0.2) is 0 Å². The van der Waals surface area contributed by atoms with Gasteiger partial charge in [-0.3, -0.25) is 0 Å². The Hall–Kier alpha value is -5.20. The van der Waals surface area contributed by atoms with Gasteiger partial charge in [-0.2, -0.15) is 0 Å². The van der Waals surface area contributed by atoms with Crippen molar-refractivity contribution in [3.05, 3.63) is 201 Å². The van der Waals surface area contributed by atoms with Crippen LogP contribution < -0.4 is 0 Å². The van der Waals surface area contributed by atoms with Crippen molar-refractivity contribution in [1.29, 1.82) is 0 Å². The molecule has 1 fully saturated rings. The van der Waals surface area contributed by atoms with Crippen molar-refractivity contribution in [2.75, 3.05) is 0 Å². The maximum atomic E-state index is 2.52. The lowest BCUT2D eigenvalue weighted by Gasteiger charge is -2.22. The minimum atomic E-state index is -0.00897. The first-order chi connectivity index (χ1) is 24.8. The van der Waals surface area contributed by atoms with E-state index in [0.29, 0.717) is 17.8 Å². The van der Waals surface area contributed by atoms with E-state index in [-0.39, 0.29) is 5.41 Å². The topological polar surface area (TPSA) is 0 Å². The minimum absolute atomic E-state index is 0.00897. The lowest BCUT2D eigenvalue weighted by Crippen LogP contribution is -2.07. The highest BCUT2D eigenvalue weighted by Crippen LogP contribution is 2.71. The summed E-state index contributed by atoms with van der Waals surface area (Å²) in [6, 6.07) is 56.2. The summed E-state index contributed by atoms with van der Waals surface area (Å²) in [5, 5.41) is 8.34. The summed E-state index contributed by atoms with van der Waals surface area (Å²) < 4.78 is 0. The van der Waals surface area contributed by atoms with Crippen LogP contribution in [-0.2, 0) is 11.8 Å². The summed E-state index contributed by atoms with van der Waals surface area (Å²) in [4.78, 5) is 0. The number of rotatable bonds is 8. The molecule has 3 atom stereocenters. The molecule has 2 unspecified atom stereocenters. The molecule has 0 aromatic heterocycles. The molecule has 0 bridgehead atoms. The van der Waals surface area contributed by atoms with Crippen molar-refractivity contribution >= 4 is 32.3 Å². The fraction of sp³-hybridized carbons (Fsp3) is 0.216. The van der Waals surface area contributed by atoms with Gasteiger partial charge >= 0.3 is 0 Å². The molecule has 1 aliphatic carbocycles. The Morgan fingerprint density at radius 1 is 0.451 bits per heavy atom. The molecule has 0 N–H and O–H groups in total. The number of aryl methyl sites for hydroxylation is 5. The SMILES string of the molecule is Cc1ccc(C(CCc2ccc3ccc4c(C5(C)C(c6ccc(C)cc6)[C@H]5c5ccc(C)cc5)ccc5ccc2c3c54)c2ccc(C)cc2)cc1. The predicted molar refractivity (Wildman–Crippen MR) is 218 cm³/mol. The first kappa shape index (κ1) is 31.8.